The summed E-state index contributed by atoms with van der Waals surface area (Å²) < 4.78 is 13.8. The minimum Gasteiger partial charge on any atom is -0.459 e. The number of aryl methyl sites for hydroxylation is 1. The van der Waals surface area contributed by atoms with Crippen LogP contribution in [0.15, 0.2) is 17.1 Å². The highest BCUT2D eigenvalue weighted by Crippen LogP contribution is 2.20. The van der Waals surface area contributed by atoms with Gasteiger partial charge in [-0.3, -0.25) is 4.79 Å². The molecule has 4 heteroatoms. The Labute approximate surface area is 203 Å². The Morgan fingerprint density at radius 2 is 1.39 bits per heavy atom. The van der Waals surface area contributed by atoms with Gasteiger partial charge < -0.3 is 14.0 Å². The van der Waals surface area contributed by atoms with Crippen LogP contribution in [0.3, 0.4) is 0 Å². The molecule has 0 amide bonds. The van der Waals surface area contributed by atoms with Crippen LogP contribution in [0.2, 0.25) is 0 Å². The maximum atomic E-state index is 12.3. The van der Waals surface area contributed by atoms with Gasteiger partial charge in [0.05, 0.1) is 12.3 Å². The molecule has 1 aromatic heterocycles. The van der Waals surface area contributed by atoms with Gasteiger partial charge in [0.25, 0.3) is 0 Å². The van der Waals surface area contributed by atoms with Crippen LogP contribution in [-0.2, 0) is 11.3 Å². The quantitative estimate of drug-likeness (QED) is 0.194. The maximum absolute atomic E-state index is 12.3. The molecule has 0 saturated carbocycles. The standard InChI is InChI=1S/C29H51NO3/c1-3-4-5-6-7-8-9-10-11-12-13-14-15-16-17-19-23-30-24-22-27(31)29(26(30)2)33-28-21-18-20-25-32-28/h22,24,28H,3-21,23,25H2,1-2H3. The fraction of sp³-hybridized carbons (Fsp3) is 0.828. The van der Waals surface area contributed by atoms with Crippen LogP contribution in [0, 0.1) is 6.92 Å². The molecule has 0 N–H and O–H groups in total. The summed E-state index contributed by atoms with van der Waals surface area (Å²) in [6.45, 7) is 5.96. The zero-order chi connectivity index (χ0) is 23.6. The first-order chi connectivity index (χ1) is 16.2. The van der Waals surface area contributed by atoms with E-state index in [-0.39, 0.29) is 11.7 Å². The van der Waals surface area contributed by atoms with E-state index in [0.717, 1.165) is 44.5 Å². The highest BCUT2D eigenvalue weighted by atomic mass is 16.7. The average Bonchev–Trinajstić information content (AvgIpc) is 2.83. The SMILES string of the molecule is CCCCCCCCCCCCCCCCCCn1ccc(=O)c(OC2CCCCO2)c1C. The lowest BCUT2D eigenvalue weighted by molar-refractivity contribution is -0.106. The number of unbranched alkanes of at least 4 members (excludes halogenated alkanes) is 15. The van der Waals surface area contributed by atoms with E-state index in [9.17, 15) is 4.79 Å². The zero-order valence-corrected chi connectivity index (χ0v) is 21.8. The Kier molecular flexibility index (Phi) is 15.3. The molecular weight excluding hydrogens is 410 g/mol. The summed E-state index contributed by atoms with van der Waals surface area (Å²) in [5, 5.41) is 0. The summed E-state index contributed by atoms with van der Waals surface area (Å²) in [6.07, 6.45) is 26.8. The Balaban J connectivity index is 1.47. The minimum atomic E-state index is -0.267. The van der Waals surface area contributed by atoms with Crippen molar-refractivity contribution in [2.24, 2.45) is 0 Å². The summed E-state index contributed by atoms with van der Waals surface area (Å²) in [5.41, 5.74) is 0.891. The molecule has 1 aromatic rings. The number of aromatic nitrogens is 1. The topological polar surface area (TPSA) is 40.5 Å². The first kappa shape index (κ1) is 28.0. The van der Waals surface area contributed by atoms with E-state index in [1.165, 1.54) is 96.3 Å². The van der Waals surface area contributed by atoms with Crippen LogP contribution < -0.4 is 10.2 Å². The molecule has 33 heavy (non-hydrogen) atoms. The van der Waals surface area contributed by atoms with Crippen molar-refractivity contribution in [1.82, 2.24) is 4.57 Å². The number of ether oxygens (including phenoxy) is 2. The first-order valence-corrected chi connectivity index (χ1v) is 14.2. The predicted molar refractivity (Wildman–Crippen MR) is 139 cm³/mol. The van der Waals surface area contributed by atoms with Gasteiger partial charge in [-0.05, 0) is 26.2 Å². The Hall–Kier alpha value is -1.29. The lowest BCUT2D eigenvalue weighted by Gasteiger charge is -2.24. The van der Waals surface area contributed by atoms with Crippen molar-refractivity contribution < 1.29 is 9.47 Å². The van der Waals surface area contributed by atoms with Gasteiger partial charge in [-0.15, -0.1) is 0 Å². The van der Waals surface area contributed by atoms with E-state index in [1.54, 1.807) is 6.07 Å². The molecule has 0 aromatic carbocycles. The number of hydrogen-bond donors (Lipinski definition) is 0. The van der Waals surface area contributed by atoms with Gasteiger partial charge in [-0.2, -0.15) is 0 Å². The lowest BCUT2D eigenvalue weighted by Crippen LogP contribution is -2.28. The zero-order valence-electron chi connectivity index (χ0n) is 21.8. The largest absolute Gasteiger partial charge is 0.459 e. The number of nitrogens with zero attached hydrogens (tertiary/aromatic N) is 1. The molecule has 1 fully saturated rings. The summed E-state index contributed by atoms with van der Waals surface area (Å²) >= 11 is 0. The molecule has 0 aliphatic carbocycles. The van der Waals surface area contributed by atoms with E-state index in [1.807, 2.05) is 13.1 Å². The smallest absolute Gasteiger partial charge is 0.223 e. The molecule has 1 unspecified atom stereocenters. The van der Waals surface area contributed by atoms with E-state index in [0.29, 0.717) is 5.75 Å². The van der Waals surface area contributed by atoms with Crippen LogP contribution in [-0.4, -0.2) is 17.5 Å². The highest BCUT2D eigenvalue weighted by Gasteiger charge is 2.18. The van der Waals surface area contributed by atoms with Crippen molar-refractivity contribution in [2.75, 3.05) is 6.61 Å². The van der Waals surface area contributed by atoms with Crippen LogP contribution in [0.25, 0.3) is 0 Å². The van der Waals surface area contributed by atoms with Crippen LogP contribution >= 0.6 is 0 Å². The Morgan fingerprint density at radius 3 is 1.91 bits per heavy atom. The second kappa shape index (κ2) is 18.1. The van der Waals surface area contributed by atoms with E-state index in [4.69, 9.17) is 9.47 Å². The third kappa shape index (κ3) is 12.1. The fourth-order valence-electron chi connectivity index (χ4n) is 4.81. The average molecular weight is 462 g/mol. The van der Waals surface area contributed by atoms with Gasteiger partial charge in [0.15, 0.2) is 12.0 Å². The molecule has 1 aliphatic heterocycles. The third-order valence-electron chi connectivity index (χ3n) is 7.03. The van der Waals surface area contributed by atoms with E-state index in [2.05, 4.69) is 11.5 Å². The molecular formula is C29H51NO3. The van der Waals surface area contributed by atoms with Gasteiger partial charge in [0, 0.05) is 25.2 Å². The lowest BCUT2D eigenvalue weighted by atomic mass is 10.0. The summed E-state index contributed by atoms with van der Waals surface area (Å²) in [5.74, 6) is 0.473. The van der Waals surface area contributed by atoms with Crippen molar-refractivity contribution in [3.63, 3.8) is 0 Å². The molecule has 4 nitrogen and oxygen atoms in total. The van der Waals surface area contributed by atoms with Crippen molar-refractivity contribution in [3.8, 4) is 5.75 Å². The second-order valence-corrected chi connectivity index (χ2v) is 10.0. The molecule has 2 heterocycles. The molecule has 0 bridgehead atoms. The van der Waals surface area contributed by atoms with Crippen LogP contribution in [0.5, 0.6) is 5.75 Å². The van der Waals surface area contributed by atoms with Crippen LogP contribution in [0.1, 0.15) is 135 Å². The Bertz CT molecular complexity index is 663. The molecule has 0 spiro atoms. The van der Waals surface area contributed by atoms with Gasteiger partial charge in [0.1, 0.15) is 0 Å². The summed E-state index contributed by atoms with van der Waals surface area (Å²) in [4.78, 5) is 12.3. The van der Waals surface area contributed by atoms with Gasteiger partial charge in [0.2, 0.25) is 5.43 Å². The Morgan fingerprint density at radius 1 is 0.848 bits per heavy atom. The fourth-order valence-corrected chi connectivity index (χ4v) is 4.81. The molecule has 1 aliphatic rings. The summed E-state index contributed by atoms with van der Waals surface area (Å²) in [6, 6.07) is 1.64. The van der Waals surface area contributed by atoms with Gasteiger partial charge in [-0.1, -0.05) is 103 Å². The highest BCUT2D eigenvalue weighted by molar-refractivity contribution is 5.27. The predicted octanol–water partition coefficient (Wildman–Crippen LogP) is 8.32. The minimum absolute atomic E-state index is 0.0371. The van der Waals surface area contributed by atoms with Crippen molar-refractivity contribution in [1.29, 1.82) is 0 Å². The molecule has 1 atom stereocenters. The maximum Gasteiger partial charge on any atom is 0.223 e. The number of hydrogen-bond acceptors (Lipinski definition) is 3. The van der Waals surface area contributed by atoms with Crippen LogP contribution in [0.4, 0.5) is 0 Å². The van der Waals surface area contributed by atoms with E-state index >= 15 is 0 Å². The van der Waals surface area contributed by atoms with E-state index < -0.39 is 0 Å². The number of rotatable bonds is 19. The van der Waals surface area contributed by atoms with Gasteiger partial charge in [-0.25, -0.2) is 0 Å². The molecule has 190 valence electrons. The normalized spacial score (nSPS) is 16.2. The number of pyridine rings is 1. The molecule has 2 rings (SSSR count). The third-order valence-corrected chi connectivity index (χ3v) is 7.03. The van der Waals surface area contributed by atoms with Crippen molar-refractivity contribution in [3.05, 3.63) is 28.2 Å². The molecule has 1 saturated heterocycles. The summed E-state index contributed by atoms with van der Waals surface area (Å²) in [7, 11) is 0. The van der Waals surface area contributed by atoms with Crippen molar-refractivity contribution >= 4 is 0 Å². The second-order valence-electron chi connectivity index (χ2n) is 10.0. The van der Waals surface area contributed by atoms with Gasteiger partial charge >= 0.3 is 0 Å². The monoisotopic (exact) mass is 461 g/mol. The van der Waals surface area contributed by atoms with Crippen molar-refractivity contribution in [2.45, 2.75) is 149 Å². The first-order valence-electron chi connectivity index (χ1n) is 14.2. The molecule has 0 radical (unpaired) electrons.